The third-order valence-electron chi connectivity index (χ3n) is 3.35. The van der Waals surface area contributed by atoms with Gasteiger partial charge in [0, 0.05) is 6.54 Å². The number of benzene rings is 1. The molecule has 0 spiro atoms. The second-order valence-corrected chi connectivity index (χ2v) is 6.36. The van der Waals surface area contributed by atoms with Crippen molar-refractivity contribution in [3.8, 4) is 23.8 Å². The lowest BCUT2D eigenvalue weighted by Crippen LogP contribution is -2.31. The monoisotopic (exact) mass is 454 g/mol. The van der Waals surface area contributed by atoms with Crippen LogP contribution in [0.3, 0.4) is 0 Å². The van der Waals surface area contributed by atoms with Crippen LogP contribution in [0.5, 0.6) is 11.5 Å². The number of hydrogen-bond acceptors (Lipinski definition) is 4. The average Bonchev–Trinajstić information content (AvgIpc) is 2.82. The Labute approximate surface area is 160 Å². The van der Waals surface area contributed by atoms with E-state index >= 15 is 0 Å². The smallest absolute Gasteiger partial charge is 0.329 e. The summed E-state index contributed by atoms with van der Waals surface area (Å²) in [6.45, 7) is 4.77. The van der Waals surface area contributed by atoms with Gasteiger partial charge in [0.05, 0.1) is 10.2 Å². The summed E-state index contributed by atoms with van der Waals surface area (Å²) in [5.41, 5.74) is 0.969. The molecule has 0 unspecified atom stereocenters. The van der Waals surface area contributed by atoms with Gasteiger partial charge in [-0.05, 0) is 59.7 Å². The Balaban J connectivity index is 2.35. The number of carbonyl (C=O) groups excluding carboxylic acids is 2. The minimum Gasteiger partial charge on any atom is -0.490 e. The fourth-order valence-corrected chi connectivity index (χ4v) is 3.13. The van der Waals surface area contributed by atoms with Crippen molar-refractivity contribution in [3.05, 3.63) is 27.0 Å². The van der Waals surface area contributed by atoms with Gasteiger partial charge in [0.25, 0.3) is 5.91 Å². The average molecular weight is 454 g/mol. The number of carbonyl (C=O) groups is 2. The van der Waals surface area contributed by atoms with Crippen molar-refractivity contribution in [1.82, 2.24) is 10.2 Å². The van der Waals surface area contributed by atoms with E-state index in [9.17, 15) is 9.59 Å². The molecule has 0 atom stereocenters. The van der Waals surface area contributed by atoms with E-state index in [4.69, 9.17) is 15.9 Å². The first-order valence-electron chi connectivity index (χ1n) is 7.88. The first kappa shape index (κ1) is 19.1. The molecule has 2 rings (SSSR count). The van der Waals surface area contributed by atoms with E-state index in [1.54, 1.807) is 12.1 Å². The molecule has 1 aromatic carbocycles. The van der Waals surface area contributed by atoms with E-state index in [1.165, 1.54) is 4.90 Å². The molecule has 25 heavy (non-hydrogen) atoms. The number of terminal acetylenes is 1. The molecule has 0 bridgehead atoms. The van der Waals surface area contributed by atoms with E-state index in [2.05, 4.69) is 33.8 Å². The lowest BCUT2D eigenvalue weighted by molar-refractivity contribution is -0.122. The van der Waals surface area contributed by atoms with Crippen LogP contribution in [0.25, 0.3) is 6.08 Å². The zero-order valence-corrected chi connectivity index (χ0v) is 16.3. The summed E-state index contributed by atoms with van der Waals surface area (Å²) in [6.07, 6.45) is 7.58. The van der Waals surface area contributed by atoms with E-state index in [0.29, 0.717) is 31.1 Å². The number of ether oxygens (including phenoxy) is 2. The molecular weight excluding hydrogens is 435 g/mol. The Kier molecular flexibility index (Phi) is 6.70. The summed E-state index contributed by atoms with van der Waals surface area (Å²) in [4.78, 5) is 25.4. The number of nitrogens with zero attached hydrogens (tertiary/aromatic N) is 1. The number of nitrogens with one attached hydrogen (secondary N) is 1. The molecular formula is C18H19IN2O4. The van der Waals surface area contributed by atoms with Crippen LogP contribution in [0.1, 0.15) is 25.8 Å². The normalized spacial score (nSPS) is 15.3. The molecule has 0 aliphatic carbocycles. The van der Waals surface area contributed by atoms with Crippen LogP contribution >= 0.6 is 22.6 Å². The third-order valence-corrected chi connectivity index (χ3v) is 4.15. The van der Waals surface area contributed by atoms with Gasteiger partial charge in [0.15, 0.2) is 11.5 Å². The van der Waals surface area contributed by atoms with Gasteiger partial charge in [-0.1, -0.05) is 12.8 Å². The fourth-order valence-electron chi connectivity index (χ4n) is 2.35. The summed E-state index contributed by atoms with van der Waals surface area (Å²) < 4.78 is 12.0. The van der Waals surface area contributed by atoms with Crippen molar-refractivity contribution >= 4 is 40.6 Å². The Hall–Kier alpha value is -2.21. The first-order valence-corrected chi connectivity index (χ1v) is 8.96. The highest BCUT2D eigenvalue weighted by Crippen LogP contribution is 2.35. The molecule has 1 N–H and O–H groups in total. The number of hydrogen-bond donors (Lipinski definition) is 1. The number of halogens is 1. The fraction of sp³-hybridized carbons (Fsp3) is 0.333. The lowest BCUT2D eigenvalue weighted by Gasteiger charge is -2.13. The number of rotatable bonds is 7. The molecule has 1 heterocycles. The van der Waals surface area contributed by atoms with Crippen LogP contribution in [0, 0.1) is 15.9 Å². The zero-order valence-electron chi connectivity index (χ0n) is 14.1. The Morgan fingerprint density at radius 3 is 2.72 bits per heavy atom. The number of urea groups is 1. The van der Waals surface area contributed by atoms with Crippen LogP contribution in [-0.2, 0) is 4.79 Å². The van der Waals surface area contributed by atoms with Crippen LogP contribution in [-0.4, -0.2) is 36.6 Å². The number of imide groups is 1. The standard InChI is InChI=1S/C18H19IN2O4/c1-4-7-21-17(22)14(20-18(21)23)10-12-9-13(19)16(25-8-5-2)15(11-12)24-6-3/h2,9-11H,4,6-8H2,1,3H3,(H,20,23)/b14-10+. The van der Waals surface area contributed by atoms with Crippen molar-refractivity contribution < 1.29 is 19.1 Å². The van der Waals surface area contributed by atoms with Crippen LogP contribution in [0.2, 0.25) is 0 Å². The van der Waals surface area contributed by atoms with E-state index in [1.807, 2.05) is 19.9 Å². The highest BCUT2D eigenvalue weighted by molar-refractivity contribution is 14.1. The van der Waals surface area contributed by atoms with Crippen molar-refractivity contribution in [2.45, 2.75) is 20.3 Å². The molecule has 6 nitrogen and oxygen atoms in total. The predicted octanol–water partition coefficient (Wildman–Crippen LogP) is 3.00. The highest BCUT2D eigenvalue weighted by atomic mass is 127. The quantitative estimate of drug-likeness (QED) is 0.298. The highest BCUT2D eigenvalue weighted by Gasteiger charge is 2.32. The van der Waals surface area contributed by atoms with Crippen molar-refractivity contribution in [3.63, 3.8) is 0 Å². The summed E-state index contributed by atoms with van der Waals surface area (Å²) in [5.74, 6) is 3.20. The molecule has 7 heteroatoms. The minimum atomic E-state index is -0.396. The minimum absolute atomic E-state index is 0.136. The molecule has 1 aromatic rings. The van der Waals surface area contributed by atoms with Gasteiger partial charge >= 0.3 is 6.03 Å². The molecule has 3 amide bonds. The Morgan fingerprint density at radius 1 is 1.32 bits per heavy atom. The van der Waals surface area contributed by atoms with Crippen molar-refractivity contribution in [2.75, 3.05) is 19.8 Å². The van der Waals surface area contributed by atoms with Crippen LogP contribution in [0.15, 0.2) is 17.8 Å². The lowest BCUT2D eigenvalue weighted by atomic mass is 10.1. The Bertz CT molecular complexity index is 752. The van der Waals surface area contributed by atoms with Gasteiger partial charge in [-0.25, -0.2) is 4.79 Å². The molecule has 0 aromatic heterocycles. The van der Waals surface area contributed by atoms with E-state index in [-0.39, 0.29) is 18.2 Å². The molecule has 1 aliphatic heterocycles. The van der Waals surface area contributed by atoms with Gasteiger partial charge in [-0.3, -0.25) is 9.69 Å². The van der Waals surface area contributed by atoms with Gasteiger partial charge in [0.1, 0.15) is 12.3 Å². The van der Waals surface area contributed by atoms with Crippen molar-refractivity contribution in [1.29, 1.82) is 0 Å². The SMILES string of the molecule is C#CCOc1c(I)cc(/C=C2/NC(=O)N(CCC)C2=O)cc1OCC. The molecule has 1 fully saturated rings. The third kappa shape index (κ3) is 4.45. The van der Waals surface area contributed by atoms with E-state index < -0.39 is 6.03 Å². The van der Waals surface area contributed by atoms with Gasteiger partial charge in [-0.2, -0.15) is 0 Å². The maximum atomic E-state index is 12.3. The summed E-state index contributed by atoms with van der Waals surface area (Å²) in [6, 6.07) is 3.20. The maximum Gasteiger partial charge on any atom is 0.329 e. The van der Waals surface area contributed by atoms with Crippen molar-refractivity contribution in [2.24, 2.45) is 0 Å². The maximum absolute atomic E-state index is 12.3. The molecule has 1 aliphatic rings. The second kappa shape index (κ2) is 8.76. The predicted molar refractivity (Wildman–Crippen MR) is 103 cm³/mol. The Morgan fingerprint density at radius 2 is 2.08 bits per heavy atom. The van der Waals surface area contributed by atoms with Crippen LogP contribution in [0.4, 0.5) is 4.79 Å². The molecule has 0 saturated carbocycles. The summed E-state index contributed by atoms with van der Waals surface area (Å²) in [7, 11) is 0. The topological polar surface area (TPSA) is 67.9 Å². The molecule has 0 radical (unpaired) electrons. The zero-order chi connectivity index (χ0) is 18.4. The second-order valence-electron chi connectivity index (χ2n) is 5.20. The summed E-state index contributed by atoms with van der Waals surface area (Å²) in [5, 5.41) is 2.60. The van der Waals surface area contributed by atoms with Gasteiger partial charge < -0.3 is 14.8 Å². The van der Waals surface area contributed by atoms with Gasteiger partial charge in [0.2, 0.25) is 0 Å². The van der Waals surface area contributed by atoms with Gasteiger partial charge in [-0.15, -0.1) is 6.42 Å². The molecule has 132 valence electrons. The van der Waals surface area contributed by atoms with E-state index in [0.717, 1.165) is 9.13 Å². The summed E-state index contributed by atoms with van der Waals surface area (Å²) >= 11 is 2.12. The molecule has 1 saturated heterocycles. The largest absolute Gasteiger partial charge is 0.490 e. The van der Waals surface area contributed by atoms with Crippen LogP contribution < -0.4 is 14.8 Å². The first-order chi connectivity index (χ1) is 12.0. The number of amides is 3.